The number of aryl methyl sites for hydroxylation is 1. The molecule has 0 radical (unpaired) electrons. The van der Waals surface area contributed by atoms with E-state index < -0.39 is 0 Å². The summed E-state index contributed by atoms with van der Waals surface area (Å²) in [5, 5.41) is 10.4. The number of nitrogens with one attached hydrogen (secondary N) is 2. The van der Waals surface area contributed by atoms with Gasteiger partial charge in [0.05, 0.1) is 6.20 Å². The van der Waals surface area contributed by atoms with Crippen molar-refractivity contribution in [3.05, 3.63) is 17.5 Å². The number of rotatable bonds is 4. The molecule has 1 atom stereocenters. The summed E-state index contributed by atoms with van der Waals surface area (Å²) in [5.74, 6) is 0.118. The molecule has 2 rings (SSSR count). The molecule has 1 unspecified atom stereocenters. The van der Waals surface area contributed by atoms with Crippen molar-refractivity contribution in [3.63, 3.8) is 0 Å². The first-order valence-corrected chi connectivity index (χ1v) is 6.14. The number of carbonyl (C=O) groups excluding carboxylic acids is 1. The van der Waals surface area contributed by atoms with Crippen LogP contribution in [0.2, 0.25) is 0 Å². The molecular formula is C12H20N4O. The predicted octanol–water partition coefficient (Wildman–Crippen LogP) is 0.487. The van der Waals surface area contributed by atoms with E-state index in [9.17, 15) is 4.79 Å². The first-order valence-electron chi connectivity index (χ1n) is 6.14. The van der Waals surface area contributed by atoms with E-state index >= 15 is 0 Å². The Hall–Kier alpha value is -1.36. The van der Waals surface area contributed by atoms with Crippen LogP contribution in [0.15, 0.2) is 6.20 Å². The molecule has 1 saturated heterocycles. The van der Waals surface area contributed by atoms with E-state index in [1.165, 1.54) is 6.42 Å². The molecule has 1 amide bonds. The predicted molar refractivity (Wildman–Crippen MR) is 65.4 cm³/mol. The Labute approximate surface area is 102 Å². The van der Waals surface area contributed by atoms with Gasteiger partial charge in [0.1, 0.15) is 0 Å². The van der Waals surface area contributed by atoms with Crippen LogP contribution in [0.1, 0.15) is 30.5 Å². The summed E-state index contributed by atoms with van der Waals surface area (Å²) >= 11 is 0. The summed E-state index contributed by atoms with van der Waals surface area (Å²) < 4.78 is 1.82. The SMILES string of the molecule is Cc1c(CNC(=O)CC2CCCN2)cnn1C. The number of aromatic nitrogens is 2. The minimum absolute atomic E-state index is 0.118. The van der Waals surface area contributed by atoms with Gasteiger partial charge in [0.2, 0.25) is 5.91 Å². The van der Waals surface area contributed by atoms with Gasteiger partial charge >= 0.3 is 0 Å². The summed E-state index contributed by atoms with van der Waals surface area (Å²) in [5.41, 5.74) is 2.18. The van der Waals surface area contributed by atoms with Crippen LogP contribution in [-0.4, -0.2) is 28.3 Å². The first-order chi connectivity index (χ1) is 8.16. The number of nitrogens with zero attached hydrogens (tertiary/aromatic N) is 2. The van der Waals surface area contributed by atoms with Crippen LogP contribution in [0.3, 0.4) is 0 Å². The second kappa shape index (κ2) is 5.31. The van der Waals surface area contributed by atoms with Crippen LogP contribution in [0.4, 0.5) is 0 Å². The van der Waals surface area contributed by atoms with Crippen LogP contribution in [0, 0.1) is 6.92 Å². The Kier molecular flexibility index (Phi) is 3.78. The van der Waals surface area contributed by atoms with Crippen molar-refractivity contribution in [1.82, 2.24) is 20.4 Å². The monoisotopic (exact) mass is 236 g/mol. The molecule has 2 heterocycles. The molecule has 0 bridgehead atoms. The molecule has 0 saturated carbocycles. The molecule has 1 aliphatic rings. The second-order valence-electron chi connectivity index (χ2n) is 4.65. The van der Waals surface area contributed by atoms with Crippen molar-refractivity contribution in [2.75, 3.05) is 6.54 Å². The van der Waals surface area contributed by atoms with Crippen molar-refractivity contribution >= 4 is 5.91 Å². The zero-order chi connectivity index (χ0) is 12.3. The summed E-state index contributed by atoms with van der Waals surface area (Å²) in [7, 11) is 1.91. The largest absolute Gasteiger partial charge is 0.352 e. The Morgan fingerprint density at radius 1 is 1.71 bits per heavy atom. The van der Waals surface area contributed by atoms with Crippen molar-refractivity contribution < 1.29 is 4.79 Å². The maximum Gasteiger partial charge on any atom is 0.221 e. The number of amides is 1. The van der Waals surface area contributed by atoms with E-state index in [2.05, 4.69) is 15.7 Å². The van der Waals surface area contributed by atoms with Gasteiger partial charge in [-0.1, -0.05) is 0 Å². The Morgan fingerprint density at radius 3 is 3.12 bits per heavy atom. The fourth-order valence-corrected chi connectivity index (χ4v) is 2.14. The van der Waals surface area contributed by atoms with Crippen LogP contribution >= 0.6 is 0 Å². The molecule has 0 spiro atoms. The standard InChI is InChI=1S/C12H20N4O/c1-9-10(8-15-16(9)2)7-14-12(17)6-11-4-3-5-13-11/h8,11,13H,3-7H2,1-2H3,(H,14,17). The van der Waals surface area contributed by atoms with Gasteiger partial charge in [-0.25, -0.2) is 0 Å². The summed E-state index contributed by atoms with van der Waals surface area (Å²) in [6, 6.07) is 0.366. The Bertz CT molecular complexity index is 393. The smallest absolute Gasteiger partial charge is 0.221 e. The van der Waals surface area contributed by atoms with Gasteiger partial charge in [-0.2, -0.15) is 5.10 Å². The van der Waals surface area contributed by atoms with Gasteiger partial charge in [0.15, 0.2) is 0 Å². The molecule has 1 fully saturated rings. The normalized spacial score (nSPS) is 19.5. The van der Waals surface area contributed by atoms with E-state index in [0.717, 1.165) is 24.2 Å². The van der Waals surface area contributed by atoms with Crippen molar-refractivity contribution in [2.45, 2.75) is 38.8 Å². The van der Waals surface area contributed by atoms with E-state index in [1.807, 2.05) is 24.9 Å². The minimum atomic E-state index is 0.118. The average Bonchev–Trinajstić information content (AvgIpc) is 2.90. The fourth-order valence-electron chi connectivity index (χ4n) is 2.14. The molecule has 2 N–H and O–H groups in total. The maximum atomic E-state index is 11.7. The molecule has 0 aliphatic carbocycles. The van der Waals surface area contributed by atoms with Crippen molar-refractivity contribution in [1.29, 1.82) is 0 Å². The first kappa shape index (κ1) is 12.1. The van der Waals surface area contributed by atoms with Crippen LogP contribution in [-0.2, 0) is 18.4 Å². The molecule has 1 aliphatic heterocycles. The van der Waals surface area contributed by atoms with E-state index in [4.69, 9.17) is 0 Å². The zero-order valence-electron chi connectivity index (χ0n) is 10.5. The van der Waals surface area contributed by atoms with Crippen LogP contribution in [0.25, 0.3) is 0 Å². The van der Waals surface area contributed by atoms with Crippen molar-refractivity contribution in [3.8, 4) is 0 Å². The number of carbonyl (C=O) groups is 1. The molecule has 0 aromatic carbocycles. The molecular weight excluding hydrogens is 216 g/mol. The molecule has 5 nitrogen and oxygen atoms in total. The lowest BCUT2D eigenvalue weighted by atomic mass is 10.1. The lowest BCUT2D eigenvalue weighted by molar-refractivity contribution is -0.121. The van der Waals surface area contributed by atoms with Gasteiger partial charge in [-0.05, 0) is 26.3 Å². The third kappa shape index (κ3) is 3.06. The highest BCUT2D eigenvalue weighted by Crippen LogP contribution is 2.09. The highest BCUT2D eigenvalue weighted by molar-refractivity contribution is 5.76. The third-order valence-electron chi connectivity index (χ3n) is 3.41. The summed E-state index contributed by atoms with van der Waals surface area (Å²) in [4.78, 5) is 11.7. The molecule has 1 aromatic rings. The second-order valence-corrected chi connectivity index (χ2v) is 4.65. The lowest BCUT2D eigenvalue weighted by Crippen LogP contribution is -2.31. The number of hydrogen-bond acceptors (Lipinski definition) is 3. The van der Waals surface area contributed by atoms with Crippen LogP contribution < -0.4 is 10.6 Å². The number of hydrogen-bond donors (Lipinski definition) is 2. The summed E-state index contributed by atoms with van der Waals surface area (Å²) in [6.45, 7) is 3.62. The zero-order valence-corrected chi connectivity index (χ0v) is 10.5. The molecule has 17 heavy (non-hydrogen) atoms. The van der Waals surface area contributed by atoms with E-state index in [0.29, 0.717) is 19.0 Å². The highest BCUT2D eigenvalue weighted by Gasteiger charge is 2.17. The average molecular weight is 236 g/mol. The van der Waals surface area contributed by atoms with Crippen molar-refractivity contribution in [2.24, 2.45) is 7.05 Å². The topological polar surface area (TPSA) is 59.0 Å². The maximum absolute atomic E-state index is 11.7. The van der Waals surface area contributed by atoms with E-state index in [1.54, 1.807) is 0 Å². The van der Waals surface area contributed by atoms with Gasteiger partial charge in [-0.15, -0.1) is 0 Å². The third-order valence-corrected chi connectivity index (χ3v) is 3.41. The van der Waals surface area contributed by atoms with Gasteiger partial charge < -0.3 is 10.6 Å². The minimum Gasteiger partial charge on any atom is -0.352 e. The summed E-state index contributed by atoms with van der Waals surface area (Å²) in [6.07, 6.45) is 4.68. The van der Waals surface area contributed by atoms with E-state index in [-0.39, 0.29) is 5.91 Å². The van der Waals surface area contributed by atoms with Gasteiger partial charge in [0.25, 0.3) is 0 Å². The lowest BCUT2D eigenvalue weighted by Gasteiger charge is -2.10. The highest BCUT2D eigenvalue weighted by atomic mass is 16.1. The molecule has 1 aromatic heterocycles. The van der Waals surface area contributed by atoms with Crippen LogP contribution in [0.5, 0.6) is 0 Å². The molecule has 94 valence electrons. The molecule has 5 heteroatoms. The quantitative estimate of drug-likeness (QED) is 0.799. The van der Waals surface area contributed by atoms with Gasteiger partial charge in [-0.3, -0.25) is 9.48 Å². The Morgan fingerprint density at radius 2 is 2.53 bits per heavy atom. The fraction of sp³-hybridized carbons (Fsp3) is 0.667. The Balaban J connectivity index is 1.77. The van der Waals surface area contributed by atoms with Gasteiger partial charge in [0, 0.05) is 37.3 Å².